The van der Waals surface area contributed by atoms with Crippen molar-refractivity contribution in [3.8, 4) is 0 Å². The van der Waals surface area contributed by atoms with E-state index < -0.39 is 0 Å². The van der Waals surface area contributed by atoms with Crippen molar-refractivity contribution in [2.75, 3.05) is 0 Å². The van der Waals surface area contributed by atoms with Crippen LogP contribution < -0.4 is 5.32 Å². The van der Waals surface area contributed by atoms with E-state index in [1.165, 1.54) is 0 Å². The van der Waals surface area contributed by atoms with E-state index in [9.17, 15) is 0 Å². The average molecular weight is 121 g/mol. The smallest absolute Gasteiger partial charge is 0.000418 e. The molecule has 0 aromatic carbocycles. The number of nitrogens with one attached hydrogen (secondary N) is 1. The fourth-order valence-electron chi connectivity index (χ4n) is 0.322. The van der Waals surface area contributed by atoms with Crippen molar-refractivity contribution < 1.29 is 0 Å². The molecule has 0 saturated carbocycles. The van der Waals surface area contributed by atoms with E-state index in [4.69, 9.17) is 0 Å². The van der Waals surface area contributed by atoms with Crippen molar-refractivity contribution in [1.82, 2.24) is 5.32 Å². The molecule has 0 saturated heterocycles. The molecular formula is C8H11N. The summed E-state index contributed by atoms with van der Waals surface area (Å²) in [5.41, 5.74) is 0. The van der Waals surface area contributed by atoms with E-state index in [0.29, 0.717) is 0 Å². The first-order valence-corrected chi connectivity index (χ1v) is 2.73. The summed E-state index contributed by atoms with van der Waals surface area (Å²) in [6.07, 6.45) is 10.7. The highest BCUT2D eigenvalue weighted by atomic mass is 14.8. The Hall–Kier alpha value is -1.24. The van der Waals surface area contributed by atoms with Gasteiger partial charge in [0.25, 0.3) is 0 Å². The molecule has 0 aromatic heterocycles. The van der Waals surface area contributed by atoms with E-state index in [1.807, 2.05) is 18.2 Å². The topological polar surface area (TPSA) is 12.0 Å². The summed E-state index contributed by atoms with van der Waals surface area (Å²) >= 11 is 0. The van der Waals surface area contributed by atoms with E-state index in [2.05, 4.69) is 18.5 Å². The third-order valence-electron chi connectivity index (χ3n) is 0.669. The Morgan fingerprint density at radius 3 is 2.33 bits per heavy atom. The lowest BCUT2D eigenvalue weighted by Gasteiger charge is -1.80. The molecular weight excluding hydrogens is 110 g/mol. The molecule has 0 spiro atoms. The second kappa shape index (κ2) is 6.76. The van der Waals surface area contributed by atoms with Gasteiger partial charge in [-0.3, -0.25) is 0 Å². The fourth-order valence-corrected chi connectivity index (χ4v) is 0.322. The Morgan fingerprint density at radius 2 is 1.78 bits per heavy atom. The summed E-state index contributed by atoms with van der Waals surface area (Å²) in [4.78, 5) is 0. The standard InChI is InChI=1S/C8H11N/c1-3-5-6-7-8-9-4-2/h3-9H,1-2H2/b6-5-,8-7-. The normalized spacial score (nSPS) is 10.2. The second-order valence-corrected chi connectivity index (χ2v) is 1.35. The van der Waals surface area contributed by atoms with Crippen LogP contribution in [0.3, 0.4) is 0 Å². The predicted molar refractivity (Wildman–Crippen MR) is 41.8 cm³/mol. The van der Waals surface area contributed by atoms with Gasteiger partial charge in [-0.15, -0.1) is 0 Å². The van der Waals surface area contributed by atoms with Crippen molar-refractivity contribution >= 4 is 0 Å². The van der Waals surface area contributed by atoms with Crippen LogP contribution in [0.25, 0.3) is 0 Å². The van der Waals surface area contributed by atoms with Crippen molar-refractivity contribution in [3.63, 3.8) is 0 Å². The molecule has 9 heavy (non-hydrogen) atoms. The second-order valence-electron chi connectivity index (χ2n) is 1.35. The van der Waals surface area contributed by atoms with Gasteiger partial charge in [-0.25, -0.2) is 0 Å². The summed E-state index contributed by atoms with van der Waals surface area (Å²) in [5, 5.41) is 2.80. The number of allylic oxidation sites excluding steroid dienone is 4. The molecule has 0 bridgehead atoms. The van der Waals surface area contributed by atoms with Gasteiger partial charge in [0.2, 0.25) is 0 Å². The van der Waals surface area contributed by atoms with Gasteiger partial charge in [0.1, 0.15) is 0 Å². The molecule has 0 aromatic rings. The van der Waals surface area contributed by atoms with Gasteiger partial charge in [-0.2, -0.15) is 0 Å². The van der Waals surface area contributed by atoms with Crippen molar-refractivity contribution in [2.45, 2.75) is 0 Å². The Labute approximate surface area is 56.1 Å². The molecule has 0 aliphatic heterocycles. The Balaban J connectivity index is 3.33. The molecule has 48 valence electrons. The summed E-state index contributed by atoms with van der Waals surface area (Å²) < 4.78 is 0. The van der Waals surface area contributed by atoms with Crippen LogP contribution in [0.5, 0.6) is 0 Å². The molecule has 0 amide bonds. The van der Waals surface area contributed by atoms with Gasteiger partial charge in [0, 0.05) is 6.20 Å². The van der Waals surface area contributed by atoms with Gasteiger partial charge in [-0.05, 0) is 12.3 Å². The van der Waals surface area contributed by atoms with Gasteiger partial charge in [0.15, 0.2) is 0 Å². The first-order valence-electron chi connectivity index (χ1n) is 2.73. The van der Waals surface area contributed by atoms with E-state index in [1.54, 1.807) is 18.5 Å². The highest BCUT2D eigenvalue weighted by Gasteiger charge is 1.58. The molecule has 0 aliphatic carbocycles. The molecule has 0 heterocycles. The first kappa shape index (κ1) is 7.76. The largest absolute Gasteiger partial charge is 0.368 e. The highest BCUT2D eigenvalue weighted by Crippen LogP contribution is 1.74. The Kier molecular flexibility index (Phi) is 5.83. The van der Waals surface area contributed by atoms with Gasteiger partial charge in [0.05, 0.1) is 0 Å². The van der Waals surface area contributed by atoms with E-state index >= 15 is 0 Å². The zero-order chi connectivity index (χ0) is 6.95. The fraction of sp³-hybridized carbons (Fsp3) is 0. The molecule has 0 radical (unpaired) electrons. The lowest BCUT2D eigenvalue weighted by Crippen LogP contribution is -1.87. The number of hydrogen-bond donors (Lipinski definition) is 1. The molecule has 0 rings (SSSR count). The maximum absolute atomic E-state index is 3.52. The summed E-state index contributed by atoms with van der Waals surface area (Å²) in [6, 6.07) is 0. The SMILES string of the molecule is C=C/C=C\C=C/NC=C. The Bertz CT molecular complexity index is 132. The van der Waals surface area contributed by atoms with Crippen LogP contribution in [0.15, 0.2) is 49.9 Å². The van der Waals surface area contributed by atoms with Crippen molar-refractivity contribution in [2.24, 2.45) is 0 Å². The minimum atomic E-state index is 1.61. The predicted octanol–water partition coefficient (Wildman–Crippen LogP) is 1.98. The van der Waals surface area contributed by atoms with Gasteiger partial charge in [-0.1, -0.05) is 31.4 Å². The zero-order valence-corrected chi connectivity index (χ0v) is 5.38. The molecule has 1 N–H and O–H groups in total. The van der Waals surface area contributed by atoms with Crippen LogP contribution in [0.2, 0.25) is 0 Å². The van der Waals surface area contributed by atoms with Crippen molar-refractivity contribution in [3.05, 3.63) is 49.9 Å². The summed E-state index contributed by atoms with van der Waals surface area (Å²) in [5.74, 6) is 0. The highest BCUT2D eigenvalue weighted by molar-refractivity contribution is 5.08. The zero-order valence-electron chi connectivity index (χ0n) is 5.38. The molecule has 1 nitrogen and oxygen atoms in total. The number of hydrogen-bond acceptors (Lipinski definition) is 1. The molecule has 0 aliphatic rings. The van der Waals surface area contributed by atoms with Crippen LogP contribution in [-0.2, 0) is 0 Å². The van der Waals surface area contributed by atoms with E-state index in [-0.39, 0.29) is 0 Å². The molecule has 0 fully saturated rings. The van der Waals surface area contributed by atoms with Crippen LogP contribution in [0.4, 0.5) is 0 Å². The Morgan fingerprint density at radius 1 is 1.00 bits per heavy atom. The summed E-state index contributed by atoms with van der Waals surface area (Å²) in [7, 11) is 0. The molecule has 0 atom stereocenters. The van der Waals surface area contributed by atoms with Crippen LogP contribution in [0, 0.1) is 0 Å². The quantitative estimate of drug-likeness (QED) is 0.561. The lowest BCUT2D eigenvalue weighted by molar-refractivity contribution is 1.20. The van der Waals surface area contributed by atoms with Crippen LogP contribution in [-0.4, -0.2) is 0 Å². The van der Waals surface area contributed by atoms with Crippen molar-refractivity contribution in [1.29, 1.82) is 0 Å². The van der Waals surface area contributed by atoms with Crippen LogP contribution in [0.1, 0.15) is 0 Å². The lowest BCUT2D eigenvalue weighted by atomic mass is 10.5. The maximum Gasteiger partial charge on any atom is 0.000418 e. The molecule has 0 unspecified atom stereocenters. The number of rotatable bonds is 4. The summed E-state index contributed by atoms with van der Waals surface area (Å²) in [6.45, 7) is 6.99. The third-order valence-corrected chi connectivity index (χ3v) is 0.669. The van der Waals surface area contributed by atoms with Gasteiger partial charge < -0.3 is 5.32 Å². The first-order chi connectivity index (χ1) is 4.41. The van der Waals surface area contributed by atoms with Gasteiger partial charge >= 0.3 is 0 Å². The monoisotopic (exact) mass is 121 g/mol. The minimum Gasteiger partial charge on any atom is -0.368 e. The van der Waals surface area contributed by atoms with E-state index in [0.717, 1.165) is 0 Å². The maximum atomic E-state index is 3.52. The third kappa shape index (κ3) is 6.76. The molecule has 1 heteroatoms. The van der Waals surface area contributed by atoms with Crippen LogP contribution >= 0.6 is 0 Å². The minimum absolute atomic E-state index is 1.61. The average Bonchev–Trinajstić information content (AvgIpc) is 1.89.